The van der Waals surface area contributed by atoms with Gasteiger partial charge in [0.1, 0.15) is 5.75 Å². The largest absolute Gasteiger partial charge is 0.507 e. The quantitative estimate of drug-likeness (QED) is 0.831. The van der Waals surface area contributed by atoms with Gasteiger partial charge in [0.2, 0.25) is 0 Å². The van der Waals surface area contributed by atoms with E-state index in [-0.39, 0.29) is 6.04 Å². The lowest BCUT2D eigenvalue weighted by Gasteiger charge is -2.17. The summed E-state index contributed by atoms with van der Waals surface area (Å²) in [5.74, 6) is 0.375. The average Bonchev–Trinajstić information content (AvgIpc) is 2.77. The van der Waals surface area contributed by atoms with Gasteiger partial charge in [0.15, 0.2) is 0 Å². The molecule has 0 saturated carbocycles. The van der Waals surface area contributed by atoms with Crippen molar-refractivity contribution in [1.29, 1.82) is 0 Å². The highest BCUT2D eigenvalue weighted by molar-refractivity contribution is 9.11. The molecule has 0 aliphatic carbocycles. The molecule has 0 aliphatic rings. The number of anilines is 1. The summed E-state index contributed by atoms with van der Waals surface area (Å²) in [5, 5.41) is 13.4. The maximum absolute atomic E-state index is 9.93. The smallest absolute Gasteiger partial charge is 0.123 e. The summed E-state index contributed by atoms with van der Waals surface area (Å²) >= 11 is 5.19. The van der Waals surface area contributed by atoms with Crippen molar-refractivity contribution in [1.82, 2.24) is 0 Å². The summed E-state index contributed by atoms with van der Waals surface area (Å²) in [6.07, 6.45) is 0. The van der Waals surface area contributed by atoms with E-state index in [1.807, 2.05) is 26.0 Å². The Morgan fingerprint density at radius 1 is 1.22 bits per heavy atom. The standard InChI is InChI=1S/C14H16BrNOS/c1-8-4-5-11(9(2)14(8)17)16-10(3)12-6-7-13(15)18-12/h4-7,10,16-17H,1-3H3. The Morgan fingerprint density at radius 3 is 2.56 bits per heavy atom. The zero-order valence-corrected chi connectivity index (χ0v) is 13.0. The maximum atomic E-state index is 9.93. The highest BCUT2D eigenvalue weighted by Crippen LogP contribution is 2.33. The van der Waals surface area contributed by atoms with Crippen LogP contribution in [-0.4, -0.2) is 5.11 Å². The van der Waals surface area contributed by atoms with Crippen molar-refractivity contribution in [2.24, 2.45) is 0 Å². The van der Waals surface area contributed by atoms with Crippen LogP contribution in [0.2, 0.25) is 0 Å². The molecule has 1 atom stereocenters. The Labute approximate surface area is 120 Å². The normalized spacial score (nSPS) is 12.4. The lowest BCUT2D eigenvalue weighted by molar-refractivity contribution is 0.467. The third kappa shape index (κ3) is 2.70. The van der Waals surface area contributed by atoms with E-state index in [4.69, 9.17) is 0 Å². The molecule has 2 N–H and O–H groups in total. The zero-order chi connectivity index (χ0) is 13.3. The molecule has 1 heterocycles. The summed E-state index contributed by atoms with van der Waals surface area (Å²) in [5.41, 5.74) is 2.79. The zero-order valence-electron chi connectivity index (χ0n) is 10.6. The van der Waals surface area contributed by atoms with E-state index in [0.29, 0.717) is 5.75 Å². The predicted octanol–water partition coefficient (Wildman–Crippen LogP) is 5.01. The lowest BCUT2D eigenvalue weighted by atomic mass is 10.1. The van der Waals surface area contributed by atoms with E-state index in [9.17, 15) is 5.11 Å². The van der Waals surface area contributed by atoms with Crippen LogP contribution in [0.4, 0.5) is 5.69 Å². The first-order chi connectivity index (χ1) is 8.49. The van der Waals surface area contributed by atoms with E-state index < -0.39 is 0 Å². The first kappa shape index (κ1) is 13.4. The van der Waals surface area contributed by atoms with Gasteiger partial charge in [-0.25, -0.2) is 0 Å². The molecule has 2 aromatic rings. The van der Waals surface area contributed by atoms with Crippen molar-refractivity contribution in [2.45, 2.75) is 26.8 Å². The van der Waals surface area contributed by atoms with Gasteiger partial charge in [0.25, 0.3) is 0 Å². The van der Waals surface area contributed by atoms with Crippen LogP contribution in [0.25, 0.3) is 0 Å². The van der Waals surface area contributed by atoms with Crippen LogP contribution in [0.5, 0.6) is 5.75 Å². The molecule has 4 heteroatoms. The second-order valence-electron chi connectivity index (χ2n) is 4.41. The van der Waals surface area contributed by atoms with Crippen molar-refractivity contribution in [3.05, 3.63) is 44.1 Å². The summed E-state index contributed by atoms with van der Waals surface area (Å²) in [6, 6.07) is 8.33. The van der Waals surface area contributed by atoms with Gasteiger partial charge in [0, 0.05) is 16.1 Å². The van der Waals surface area contributed by atoms with Gasteiger partial charge in [-0.2, -0.15) is 0 Å². The topological polar surface area (TPSA) is 32.3 Å². The molecule has 18 heavy (non-hydrogen) atoms. The molecule has 1 aromatic carbocycles. The van der Waals surface area contributed by atoms with Crippen molar-refractivity contribution in [3.8, 4) is 5.75 Å². The van der Waals surface area contributed by atoms with Gasteiger partial charge >= 0.3 is 0 Å². The van der Waals surface area contributed by atoms with Crippen molar-refractivity contribution >= 4 is 33.0 Å². The second kappa shape index (κ2) is 5.33. The number of thiophene rings is 1. The first-order valence-corrected chi connectivity index (χ1v) is 7.41. The van der Waals surface area contributed by atoms with Gasteiger partial charge in [-0.05, 0) is 60.5 Å². The second-order valence-corrected chi connectivity index (χ2v) is 6.91. The maximum Gasteiger partial charge on any atom is 0.123 e. The molecule has 0 fully saturated rings. The van der Waals surface area contributed by atoms with Crippen LogP contribution >= 0.6 is 27.3 Å². The molecule has 0 spiro atoms. The fourth-order valence-corrected chi connectivity index (χ4v) is 3.28. The number of aromatic hydroxyl groups is 1. The molecule has 96 valence electrons. The van der Waals surface area contributed by atoms with E-state index in [2.05, 4.69) is 40.3 Å². The van der Waals surface area contributed by atoms with E-state index in [1.165, 1.54) is 4.88 Å². The number of benzene rings is 1. The Bertz CT molecular complexity index is 565. The molecule has 0 radical (unpaired) electrons. The number of hydrogen-bond acceptors (Lipinski definition) is 3. The van der Waals surface area contributed by atoms with Gasteiger partial charge in [-0.15, -0.1) is 11.3 Å². The van der Waals surface area contributed by atoms with Crippen molar-refractivity contribution in [2.75, 3.05) is 5.32 Å². The molecule has 0 amide bonds. The summed E-state index contributed by atoms with van der Waals surface area (Å²) in [7, 11) is 0. The molecule has 0 bridgehead atoms. The van der Waals surface area contributed by atoms with Gasteiger partial charge in [-0.1, -0.05) is 6.07 Å². The van der Waals surface area contributed by atoms with E-state index in [1.54, 1.807) is 11.3 Å². The Balaban J connectivity index is 2.22. The van der Waals surface area contributed by atoms with Crippen molar-refractivity contribution < 1.29 is 5.11 Å². The number of hydrogen-bond donors (Lipinski definition) is 2. The van der Waals surface area contributed by atoms with Crippen LogP contribution in [0.15, 0.2) is 28.1 Å². The molecule has 1 aromatic heterocycles. The van der Waals surface area contributed by atoms with Gasteiger partial charge in [-0.3, -0.25) is 0 Å². The summed E-state index contributed by atoms with van der Waals surface area (Å²) < 4.78 is 1.13. The molecule has 0 aliphatic heterocycles. The third-order valence-electron chi connectivity index (χ3n) is 3.03. The first-order valence-electron chi connectivity index (χ1n) is 5.80. The molecule has 0 saturated heterocycles. The van der Waals surface area contributed by atoms with E-state index >= 15 is 0 Å². The fourth-order valence-electron chi connectivity index (χ4n) is 1.86. The fraction of sp³-hybridized carbons (Fsp3) is 0.286. The monoisotopic (exact) mass is 325 g/mol. The number of aryl methyl sites for hydroxylation is 1. The highest BCUT2D eigenvalue weighted by Gasteiger charge is 2.11. The van der Waals surface area contributed by atoms with Crippen LogP contribution in [-0.2, 0) is 0 Å². The van der Waals surface area contributed by atoms with Gasteiger partial charge < -0.3 is 10.4 Å². The van der Waals surface area contributed by atoms with Crippen LogP contribution in [0, 0.1) is 13.8 Å². The summed E-state index contributed by atoms with van der Waals surface area (Å²) in [4.78, 5) is 1.27. The molecular weight excluding hydrogens is 310 g/mol. The van der Waals surface area contributed by atoms with E-state index in [0.717, 1.165) is 20.6 Å². The number of rotatable bonds is 3. The van der Waals surface area contributed by atoms with Crippen LogP contribution in [0.3, 0.4) is 0 Å². The number of halogens is 1. The lowest BCUT2D eigenvalue weighted by Crippen LogP contribution is -2.06. The van der Waals surface area contributed by atoms with Crippen LogP contribution < -0.4 is 5.32 Å². The molecule has 2 rings (SSSR count). The Kier molecular flexibility index (Phi) is 3.97. The molecule has 1 unspecified atom stereocenters. The number of phenols is 1. The molecule has 2 nitrogen and oxygen atoms in total. The van der Waals surface area contributed by atoms with Crippen LogP contribution in [0.1, 0.15) is 29.0 Å². The highest BCUT2D eigenvalue weighted by atomic mass is 79.9. The number of nitrogens with one attached hydrogen (secondary N) is 1. The Hall–Kier alpha value is -1.000. The minimum Gasteiger partial charge on any atom is -0.507 e. The van der Waals surface area contributed by atoms with Gasteiger partial charge in [0.05, 0.1) is 9.83 Å². The third-order valence-corrected chi connectivity index (χ3v) is 4.83. The van der Waals surface area contributed by atoms with Crippen molar-refractivity contribution in [3.63, 3.8) is 0 Å². The average molecular weight is 326 g/mol. The predicted molar refractivity (Wildman–Crippen MR) is 81.6 cm³/mol. The Morgan fingerprint density at radius 2 is 1.94 bits per heavy atom. The minimum atomic E-state index is 0.224. The SMILES string of the molecule is Cc1ccc(NC(C)c2ccc(Br)s2)c(C)c1O. The molecular formula is C14H16BrNOS. The summed E-state index contributed by atoms with van der Waals surface area (Å²) in [6.45, 7) is 5.96. The number of phenolic OH excluding ortho intramolecular Hbond substituents is 1. The minimum absolute atomic E-state index is 0.224.